The first-order valence-corrected chi connectivity index (χ1v) is 14.2. The molecule has 2 aliphatic heterocycles. The number of nitrogens with zero attached hydrogens (tertiary/aromatic N) is 3. The van der Waals surface area contributed by atoms with Crippen LogP contribution in [0, 0.1) is 0 Å². The van der Waals surface area contributed by atoms with Gasteiger partial charge in [0.05, 0.1) is 28.5 Å². The van der Waals surface area contributed by atoms with Gasteiger partial charge in [-0.25, -0.2) is 9.79 Å². The van der Waals surface area contributed by atoms with E-state index >= 15 is 0 Å². The van der Waals surface area contributed by atoms with Crippen molar-refractivity contribution in [3.05, 3.63) is 78.7 Å². The van der Waals surface area contributed by atoms with E-state index in [1.807, 2.05) is 42.7 Å². The lowest BCUT2D eigenvalue weighted by molar-refractivity contribution is -0.139. The Morgan fingerprint density at radius 1 is 1.19 bits per heavy atom. The predicted molar refractivity (Wildman–Crippen MR) is 143 cm³/mol. The lowest BCUT2D eigenvalue weighted by Crippen LogP contribution is -2.39. The molecule has 1 atom stereocenters. The molecule has 5 rings (SSSR count). The smallest absolute Gasteiger partial charge is 0.338 e. The maximum atomic E-state index is 13.7. The molecule has 1 aromatic carbocycles. The van der Waals surface area contributed by atoms with Crippen LogP contribution in [-0.4, -0.2) is 36.5 Å². The second-order valence-corrected chi connectivity index (χ2v) is 10.7. The first-order chi connectivity index (χ1) is 17.5. The van der Waals surface area contributed by atoms with Gasteiger partial charge in [-0.3, -0.25) is 9.36 Å². The average Bonchev–Trinajstić information content (AvgIpc) is 3.48. The van der Waals surface area contributed by atoms with Gasteiger partial charge in [0.25, 0.3) is 5.56 Å². The predicted octanol–water partition coefficient (Wildman–Crippen LogP) is 4.10. The van der Waals surface area contributed by atoms with Gasteiger partial charge in [0.15, 0.2) is 10.7 Å². The average molecular weight is 524 g/mol. The zero-order valence-electron chi connectivity index (χ0n) is 20.7. The van der Waals surface area contributed by atoms with Crippen molar-refractivity contribution in [2.45, 2.75) is 44.0 Å². The number of furan rings is 1. The molecule has 0 radical (unpaired) electrons. The Morgan fingerprint density at radius 3 is 2.64 bits per heavy atom. The van der Waals surface area contributed by atoms with Crippen molar-refractivity contribution in [2.24, 2.45) is 4.99 Å². The van der Waals surface area contributed by atoms with Crippen LogP contribution in [0.1, 0.15) is 50.5 Å². The Kier molecular flexibility index (Phi) is 7.20. The molecular weight excluding hydrogens is 494 g/mol. The van der Waals surface area contributed by atoms with Crippen molar-refractivity contribution >= 4 is 41.0 Å². The monoisotopic (exact) mass is 523 g/mol. The standard InChI is InChI=1S/C27H29N3O4S2/c1-4-33-26(32)23-17(2)28-27-30(24(23)18-8-11-20(35-3)12-9-18)25(31)21(36-27)16-19-10-13-22(34-19)29-14-6-5-7-15-29/h8-13,16,24H,4-7,14-15H2,1-3H3/t24-/m0/s1. The highest BCUT2D eigenvalue weighted by Crippen LogP contribution is 2.31. The molecule has 2 aromatic heterocycles. The number of allylic oxidation sites excluding steroid dienone is 1. The SMILES string of the molecule is CCOC(=O)C1=C(C)N=c2sc(=Cc3ccc(N4CCCCC4)o3)c(=O)n2[C@H]1c1ccc(SC)cc1. The number of thiazole rings is 1. The van der Waals surface area contributed by atoms with Crippen LogP contribution in [0.25, 0.3) is 6.08 Å². The Hall–Kier alpha value is -3.04. The molecule has 0 bridgehead atoms. The van der Waals surface area contributed by atoms with Crippen molar-refractivity contribution in [3.8, 4) is 0 Å². The van der Waals surface area contributed by atoms with Crippen LogP contribution in [0.4, 0.5) is 5.88 Å². The number of hydrogen-bond acceptors (Lipinski definition) is 8. The molecule has 0 saturated carbocycles. The first kappa shape index (κ1) is 24.6. The maximum Gasteiger partial charge on any atom is 0.338 e. The molecular formula is C27H29N3O4S2. The van der Waals surface area contributed by atoms with Gasteiger partial charge in [-0.1, -0.05) is 23.5 Å². The number of benzene rings is 1. The summed E-state index contributed by atoms with van der Waals surface area (Å²) in [7, 11) is 0. The topological polar surface area (TPSA) is 77.0 Å². The number of thioether (sulfide) groups is 1. The zero-order valence-corrected chi connectivity index (χ0v) is 22.3. The van der Waals surface area contributed by atoms with E-state index in [1.54, 1.807) is 36.3 Å². The van der Waals surface area contributed by atoms with E-state index in [9.17, 15) is 9.59 Å². The first-order valence-electron chi connectivity index (χ1n) is 12.2. The fourth-order valence-corrected chi connectivity index (χ4v) is 6.16. The van der Waals surface area contributed by atoms with E-state index in [0.29, 0.717) is 26.4 Å². The molecule has 0 N–H and O–H groups in total. The molecule has 1 saturated heterocycles. The van der Waals surface area contributed by atoms with Crippen LogP contribution in [0.15, 0.2) is 66.8 Å². The Labute approximate surface area is 217 Å². The van der Waals surface area contributed by atoms with Crippen molar-refractivity contribution < 1.29 is 13.9 Å². The lowest BCUT2D eigenvalue weighted by atomic mass is 9.96. The molecule has 1 fully saturated rings. The number of anilines is 1. The number of hydrogen-bond donors (Lipinski definition) is 0. The molecule has 7 nitrogen and oxygen atoms in total. The van der Waals surface area contributed by atoms with Crippen molar-refractivity contribution in [1.29, 1.82) is 0 Å². The number of carbonyl (C=O) groups is 1. The van der Waals surface area contributed by atoms with Gasteiger partial charge in [-0.15, -0.1) is 11.8 Å². The molecule has 0 unspecified atom stereocenters. The number of fused-ring (bicyclic) bond motifs is 1. The molecule has 36 heavy (non-hydrogen) atoms. The van der Waals surface area contributed by atoms with Crippen molar-refractivity contribution in [2.75, 3.05) is 30.9 Å². The summed E-state index contributed by atoms with van der Waals surface area (Å²) in [6.07, 6.45) is 7.36. The van der Waals surface area contributed by atoms with Crippen LogP contribution in [-0.2, 0) is 9.53 Å². The maximum absolute atomic E-state index is 13.7. The van der Waals surface area contributed by atoms with Gasteiger partial charge >= 0.3 is 5.97 Å². The highest BCUT2D eigenvalue weighted by atomic mass is 32.2. The lowest BCUT2D eigenvalue weighted by Gasteiger charge is -2.25. The van der Waals surface area contributed by atoms with Crippen LogP contribution in [0.5, 0.6) is 0 Å². The van der Waals surface area contributed by atoms with E-state index in [4.69, 9.17) is 9.15 Å². The van der Waals surface area contributed by atoms with Crippen LogP contribution in [0.2, 0.25) is 0 Å². The molecule has 0 amide bonds. The summed E-state index contributed by atoms with van der Waals surface area (Å²) in [4.78, 5) is 35.3. The number of aromatic nitrogens is 1. The quantitative estimate of drug-likeness (QED) is 0.358. The molecule has 0 aliphatic carbocycles. The van der Waals surface area contributed by atoms with Crippen molar-refractivity contribution in [3.63, 3.8) is 0 Å². The molecule has 3 aromatic rings. The summed E-state index contributed by atoms with van der Waals surface area (Å²) < 4.78 is 13.6. The van der Waals surface area contributed by atoms with Gasteiger partial charge in [-0.2, -0.15) is 0 Å². The zero-order chi connectivity index (χ0) is 25.2. The number of ether oxygens (including phenoxy) is 1. The molecule has 188 valence electrons. The summed E-state index contributed by atoms with van der Waals surface area (Å²) in [5.74, 6) is 1.01. The number of carbonyl (C=O) groups excluding carboxylic acids is 1. The summed E-state index contributed by atoms with van der Waals surface area (Å²) in [5.41, 5.74) is 1.58. The van der Waals surface area contributed by atoms with Gasteiger partial charge in [0.1, 0.15) is 5.76 Å². The Balaban J connectivity index is 1.60. The van der Waals surface area contributed by atoms with E-state index in [2.05, 4.69) is 9.89 Å². The highest BCUT2D eigenvalue weighted by Gasteiger charge is 2.33. The highest BCUT2D eigenvalue weighted by molar-refractivity contribution is 7.98. The molecule has 0 spiro atoms. The third-order valence-corrected chi connectivity index (χ3v) is 8.23. The molecule has 2 aliphatic rings. The van der Waals surface area contributed by atoms with Gasteiger partial charge in [0, 0.05) is 30.1 Å². The van der Waals surface area contributed by atoms with Crippen LogP contribution >= 0.6 is 23.1 Å². The van der Waals surface area contributed by atoms with E-state index < -0.39 is 12.0 Å². The van der Waals surface area contributed by atoms with E-state index in [-0.39, 0.29) is 12.2 Å². The molecule has 4 heterocycles. The number of piperidine rings is 1. The summed E-state index contributed by atoms with van der Waals surface area (Å²) in [6.45, 7) is 5.79. The van der Waals surface area contributed by atoms with Gasteiger partial charge in [0.2, 0.25) is 0 Å². The summed E-state index contributed by atoms with van der Waals surface area (Å²) >= 11 is 2.94. The number of esters is 1. The van der Waals surface area contributed by atoms with Gasteiger partial charge in [-0.05, 0) is 63.1 Å². The third-order valence-electron chi connectivity index (χ3n) is 6.50. The summed E-state index contributed by atoms with van der Waals surface area (Å²) in [6, 6.07) is 11.2. The minimum Gasteiger partial charge on any atom is -0.463 e. The second-order valence-electron chi connectivity index (χ2n) is 8.80. The minimum absolute atomic E-state index is 0.206. The van der Waals surface area contributed by atoms with Crippen LogP contribution < -0.4 is 19.8 Å². The van der Waals surface area contributed by atoms with E-state index in [0.717, 1.165) is 42.3 Å². The minimum atomic E-state index is -0.612. The third kappa shape index (κ3) is 4.69. The Bertz CT molecular complexity index is 1470. The van der Waals surface area contributed by atoms with Crippen molar-refractivity contribution in [1.82, 2.24) is 4.57 Å². The van der Waals surface area contributed by atoms with Gasteiger partial charge < -0.3 is 14.1 Å². The number of rotatable bonds is 6. The largest absolute Gasteiger partial charge is 0.463 e. The fraction of sp³-hybridized carbons (Fsp3) is 0.370. The van der Waals surface area contributed by atoms with E-state index in [1.165, 1.54) is 17.8 Å². The molecule has 9 heteroatoms. The normalized spacial score (nSPS) is 18.2. The van der Waals surface area contributed by atoms with Crippen LogP contribution in [0.3, 0.4) is 0 Å². The second kappa shape index (κ2) is 10.5. The Morgan fingerprint density at radius 2 is 1.94 bits per heavy atom. The summed E-state index contributed by atoms with van der Waals surface area (Å²) in [5, 5.41) is 0. The fourth-order valence-electron chi connectivity index (χ4n) is 4.73.